The number of pyridine rings is 1. The van der Waals surface area contributed by atoms with Crippen LogP contribution in [-0.4, -0.2) is 28.4 Å². The van der Waals surface area contributed by atoms with E-state index in [9.17, 15) is 4.79 Å². The Bertz CT molecular complexity index is 444. The van der Waals surface area contributed by atoms with E-state index >= 15 is 0 Å². The van der Waals surface area contributed by atoms with Crippen LogP contribution in [0.15, 0.2) is 12.1 Å². The van der Waals surface area contributed by atoms with Gasteiger partial charge in [0.2, 0.25) is 0 Å². The van der Waals surface area contributed by atoms with Crippen molar-refractivity contribution >= 4 is 23.5 Å². The quantitative estimate of drug-likeness (QED) is 0.887. The van der Waals surface area contributed by atoms with Gasteiger partial charge in [0.05, 0.1) is 0 Å². The fraction of sp³-hybridized carbons (Fsp3) is 0.571. The first-order valence-electron chi connectivity index (χ1n) is 6.85. The van der Waals surface area contributed by atoms with Gasteiger partial charge in [-0.15, -0.1) is 0 Å². The Morgan fingerprint density at radius 1 is 1.53 bits per heavy atom. The second-order valence-corrected chi connectivity index (χ2v) is 6.23. The Kier molecular flexibility index (Phi) is 5.07. The molecule has 4 nitrogen and oxygen atoms in total. The lowest BCUT2D eigenvalue weighted by atomic mass is 10.1. The molecule has 0 aliphatic carbocycles. The van der Waals surface area contributed by atoms with E-state index in [1.54, 1.807) is 6.07 Å². The molecule has 1 saturated heterocycles. The number of aromatic nitrogens is 1. The number of carbonyl (C=O) groups excluding carboxylic acids is 1. The van der Waals surface area contributed by atoms with Gasteiger partial charge in [0.1, 0.15) is 5.82 Å². The number of nitrogen functional groups attached to an aromatic ring is 1. The van der Waals surface area contributed by atoms with Crippen molar-refractivity contribution in [3.8, 4) is 0 Å². The van der Waals surface area contributed by atoms with Crippen LogP contribution in [0, 0.1) is 0 Å². The summed E-state index contributed by atoms with van der Waals surface area (Å²) in [4.78, 5) is 16.3. The highest BCUT2D eigenvalue weighted by Gasteiger charge is 2.15. The molecule has 0 bridgehead atoms. The predicted octanol–water partition coefficient (Wildman–Crippen LogP) is 2.24. The summed E-state index contributed by atoms with van der Waals surface area (Å²) in [5.74, 6) is 1.58. The summed E-state index contributed by atoms with van der Waals surface area (Å²) in [6.45, 7) is 2.75. The minimum Gasteiger partial charge on any atom is -0.384 e. The van der Waals surface area contributed by atoms with Crippen molar-refractivity contribution in [3.63, 3.8) is 0 Å². The highest BCUT2D eigenvalue weighted by atomic mass is 32.2. The maximum Gasteiger partial charge on any atom is 0.251 e. The van der Waals surface area contributed by atoms with Gasteiger partial charge in [0.25, 0.3) is 5.91 Å². The maximum atomic E-state index is 12.1. The standard InChI is InChI=1S/C14H21N3OS/c1-2-11-7-10(8-13(15)17-11)14(18)16-9-12-5-3-4-6-19-12/h7-8,12H,2-6,9H2,1H3,(H2,15,17)(H,16,18). The fourth-order valence-electron chi connectivity index (χ4n) is 2.20. The molecule has 19 heavy (non-hydrogen) atoms. The summed E-state index contributed by atoms with van der Waals surface area (Å²) in [6, 6.07) is 3.46. The van der Waals surface area contributed by atoms with Crippen LogP contribution in [0.4, 0.5) is 5.82 Å². The summed E-state index contributed by atoms with van der Waals surface area (Å²) < 4.78 is 0. The van der Waals surface area contributed by atoms with Crippen LogP contribution in [0.2, 0.25) is 0 Å². The molecule has 1 aromatic heterocycles. The molecule has 1 amide bonds. The zero-order valence-corrected chi connectivity index (χ0v) is 12.1. The van der Waals surface area contributed by atoms with Crippen LogP contribution >= 0.6 is 11.8 Å². The Hall–Kier alpha value is -1.23. The minimum absolute atomic E-state index is 0.0463. The molecule has 0 spiro atoms. The second kappa shape index (κ2) is 6.80. The third-order valence-corrected chi connectivity index (χ3v) is 4.69. The van der Waals surface area contributed by atoms with Gasteiger partial charge in [-0.3, -0.25) is 4.79 Å². The van der Waals surface area contributed by atoms with Crippen molar-refractivity contribution in [2.75, 3.05) is 18.0 Å². The highest BCUT2D eigenvalue weighted by molar-refractivity contribution is 7.99. The van der Waals surface area contributed by atoms with Gasteiger partial charge in [-0.05, 0) is 37.1 Å². The van der Waals surface area contributed by atoms with E-state index in [0.717, 1.165) is 18.7 Å². The van der Waals surface area contributed by atoms with Crippen LogP contribution in [0.1, 0.15) is 42.2 Å². The van der Waals surface area contributed by atoms with E-state index in [0.29, 0.717) is 16.6 Å². The number of nitrogens with one attached hydrogen (secondary N) is 1. The van der Waals surface area contributed by atoms with Crippen LogP contribution in [-0.2, 0) is 6.42 Å². The molecule has 2 rings (SSSR count). The molecule has 0 radical (unpaired) electrons. The van der Waals surface area contributed by atoms with Crippen LogP contribution in [0.25, 0.3) is 0 Å². The maximum absolute atomic E-state index is 12.1. The number of nitrogens with two attached hydrogens (primary N) is 1. The number of aryl methyl sites for hydroxylation is 1. The first kappa shape index (κ1) is 14.2. The average molecular weight is 279 g/mol. The van der Waals surface area contributed by atoms with Crippen LogP contribution in [0.5, 0.6) is 0 Å². The lowest BCUT2D eigenvalue weighted by Crippen LogP contribution is -2.32. The number of hydrogen-bond donors (Lipinski definition) is 2. The lowest BCUT2D eigenvalue weighted by molar-refractivity contribution is 0.0953. The van der Waals surface area contributed by atoms with Crippen molar-refractivity contribution in [1.29, 1.82) is 0 Å². The molecule has 1 unspecified atom stereocenters. The molecule has 5 heteroatoms. The van der Waals surface area contributed by atoms with E-state index in [1.165, 1.54) is 25.0 Å². The molecule has 1 atom stereocenters. The number of anilines is 1. The van der Waals surface area contributed by atoms with E-state index in [1.807, 2.05) is 24.8 Å². The molecule has 1 fully saturated rings. The normalized spacial score (nSPS) is 19.1. The van der Waals surface area contributed by atoms with Crippen molar-refractivity contribution < 1.29 is 4.79 Å². The predicted molar refractivity (Wildman–Crippen MR) is 80.5 cm³/mol. The van der Waals surface area contributed by atoms with Gasteiger partial charge < -0.3 is 11.1 Å². The summed E-state index contributed by atoms with van der Waals surface area (Å²) in [6.07, 6.45) is 4.55. The van der Waals surface area contributed by atoms with Gasteiger partial charge in [-0.2, -0.15) is 11.8 Å². The molecule has 0 saturated carbocycles. The largest absolute Gasteiger partial charge is 0.384 e. The first-order valence-corrected chi connectivity index (χ1v) is 7.90. The van der Waals surface area contributed by atoms with Crippen molar-refractivity contribution in [2.45, 2.75) is 37.9 Å². The van der Waals surface area contributed by atoms with Crippen molar-refractivity contribution in [3.05, 3.63) is 23.4 Å². The zero-order chi connectivity index (χ0) is 13.7. The van der Waals surface area contributed by atoms with Gasteiger partial charge in [0, 0.05) is 23.1 Å². The molecule has 2 heterocycles. The number of rotatable bonds is 4. The molecule has 1 aromatic rings. The first-order chi connectivity index (χ1) is 9.19. The van der Waals surface area contributed by atoms with Gasteiger partial charge in [0.15, 0.2) is 0 Å². The Morgan fingerprint density at radius 2 is 2.37 bits per heavy atom. The van der Waals surface area contributed by atoms with E-state index < -0.39 is 0 Å². The Labute approximate surface area is 118 Å². The second-order valence-electron chi connectivity index (χ2n) is 4.82. The van der Waals surface area contributed by atoms with Gasteiger partial charge >= 0.3 is 0 Å². The monoisotopic (exact) mass is 279 g/mol. The van der Waals surface area contributed by atoms with Crippen molar-refractivity contribution in [2.24, 2.45) is 0 Å². The molecular weight excluding hydrogens is 258 g/mol. The molecule has 0 aromatic carbocycles. The third-order valence-electron chi connectivity index (χ3n) is 3.29. The fourth-order valence-corrected chi connectivity index (χ4v) is 3.44. The third kappa shape index (κ3) is 4.13. The smallest absolute Gasteiger partial charge is 0.251 e. The number of thioether (sulfide) groups is 1. The average Bonchev–Trinajstić information content (AvgIpc) is 2.45. The molecule has 104 valence electrons. The summed E-state index contributed by atoms with van der Waals surface area (Å²) in [5.41, 5.74) is 7.19. The van der Waals surface area contributed by atoms with Gasteiger partial charge in [-0.25, -0.2) is 4.98 Å². The topological polar surface area (TPSA) is 68.0 Å². The van der Waals surface area contributed by atoms with E-state index in [2.05, 4.69) is 10.3 Å². The SMILES string of the molecule is CCc1cc(C(=O)NCC2CCCCS2)cc(N)n1. The molecule has 3 N–H and O–H groups in total. The number of amides is 1. The summed E-state index contributed by atoms with van der Waals surface area (Å²) >= 11 is 1.96. The summed E-state index contributed by atoms with van der Waals surface area (Å²) in [5, 5.41) is 3.56. The summed E-state index contributed by atoms with van der Waals surface area (Å²) in [7, 11) is 0. The number of carbonyl (C=O) groups is 1. The highest BCUT2D eigenvalue weighted by Crippen LogP contribution is 2.24. The molecule has 1 aliphatic rings. The van der Waals surface area contributed by atoms with Crippen molar-refractivity contribution in [1.82, 2.24) is 10.3 Å². The molecule has 1 aliphatic heterocycles. The zero-order valence-electron chi connectivity index (χ0n) is 11.3. The lowest BCUT2D eigenvalue weighted by Gasteiger charge is -2.21. The number of nitrogens with zero attached hydrogens (tertiary/aromatic N) is 1. The van der Waals surface area contributed by atoms with Crippen LogP contribution in [0.3, 0.4) is 0 Å². The van der Waals surface area contributed by atoms with Gasteiger partial charge in [-0.1, -0.05) is 13.3 Å². The van der Waals surface area contributed by atoms with E-state index in [-0.39, 0.29) is 5.91 Å². The number of hydrogen-bond acceptors (Lipinski definition) is 4. The minimum atomic E-state index is -0.0463. The van der Waals surface area contributed by atoms with Crippen LogP contribution < -0.4 is 11.1 Å². The molecular formula is C14H21N3OS. The van der Waals surface area contributed by atoms with E-state index in [4.69, 9.17) is 5.73 Å². The Morgan fingerprint density at radius 3 is 3.05 bits per heavy atom. The Balaban J connectivity index is 1.93.